The molecule has 2 heteroatoms. The first kappa shape index (κ1) is 12.4. The molecule has 0 heterocycles. The van der Waals surface area contributed by atoms with Gasteiger partial charge in [-0.25, -0.2) is 0 Å². The highest BCUT2D eigenvalue weighted by atomic mass is 32.2. The van der Waals surface area contributed by atoms with Crippen LogP contribution in [-0.4, -0.2) is 5.25 Å². The second kappa shape index (κ2) is 6.06. The third-order valence-electron chi connectivity index (χ3n) is 2.26. The van der Waals surface area contributed by atoms with Crippen molar-refractivity contribution in [2.75, 3.05) is 5.73 Å². The maximum atomic E-state index is 6.02. The molecular formula is C13H21NS. The zero-order valence-corrected chi connectivity index (χ0v) is 10.7. The first-order valence-electron chi connectivity index (χ1n) is 5.68. The van der Waals surface area contributed by atoms with E-state index in [2.05, 4.69) is 39.0 Å². The molecule has 0 bridgehead atoms. The number of nitrogen functional groups attached to an aromatic ring is 1. The number of aryl methyl sites for hydroxylation is 1. The number of hydrogen-bond donors (Lipinski definition) is 1. The van der Waals surface area contributed by atoms with Crippen molar-refractivity contribution in [3.05, 3.63) is 23.8 Å². The van der Waals surface area contributed by atoms with Gasteiger partial charge in [0.25, 0.3) is 0 Å². The zero-order chi connectivity index (χ0) is 11.3. The number of benzene rings is 1. The Kier molecular flexibility index (Phi) is 5.03. The summed E-state index contributed by atoms with van der Waals surface area (Å²) in [5.74, 6) is 0. The number of thioether (sulfide) groups is 1. The van der Waals surface area contributed by atoms with Crippen molar-refractivity contribution in [2.45, 2.75) is 50.2 Å². The summed E-state index contributed by atoms with van der Waals surface area (Å²) in [6.07, 6.45) is 3.63. The van der Waals surface area contributed by atoms with Crippen LogP contribution >= 0.6 is 11.8 Å². The van der Waals surface area contributed by atoms with E-state index in [0.29, 0.717) is 5.25 Å². The third-order valence-corrected chi connectivity index (χ3v) is 3.35. The summed E-state index contributed by atoms with van der Waals surface area (Å²) in [7, 11) is 0. The SMILES string of the molecule is CCCCc1ccc(SC(C)C)c(N)c1. The molecule has 0 spiro atoms. The summed E-state index contributed by atoms with van der Waals surface area (Å²) >= 11 is 1.83. The Labute approximate surface area is 97.4 Å². The van der Waals surface area contributed by atoms with E-state index in [0.717, 1.165) is 12.1 Å². The van der Waals surface area contributed by atoms with Crippen LogP contribution in [0.1, 0.15) is 39.2 Å². The Hall–Kier alpha value is -0.630. The average molecular weight is 223 g/mol. The Bertz CT molecular complexity index is 307. The van der Waals surface area contributed by atoms with Crippen LogP contribution in [0.4, 0.5) is 5.69 Å². The number of unbranched alkanes of at least 4 members (excludes halogenated alkanes) is 1. The maximum absolute atomic E-state index is 6.02. The van der Waals surface area contributed by atoms with Gasteiger partial charge >= 0.3 is 0 Å². The second-order valence-electron chi connectivity index (χ2n) is 4.14. The van der Waals surface area contributed by atoms with Gasteiger partial charge in [0.2, 0.25) is 0 Å². The van der Waals surface area contributed by atoms with E-state index in [9.17, 15) is 0 Å². The molecule has 0 aliphatic carbocycles. The lowest BCUT2D eigenvalue weighted by molar-refractivity contribution is 0.795. The van der Waals surface area contributed by atoms with E-state index in [4.69, 9.17) is 5.73 Å². The van der Waals surface area contributed by atoms with Gasteiger partial charge in [0.15, 0.2) is 0 Å². The van der Waals surface area contributed by atoms with Crippen molar-refractivity contribution in [2.24, 2.45) is 0 Å². The van der Waals surface area contributed by atoms with Gasteiger partial charge in [0.1, 0.15) is 0 Å². The van der Waals surface area contributed by atoms with Gasteiger partial charge in [-0.15, -0.1) is 11.8 Å². The van der Waals surface area contributed by atoms with Gasteiger partial charge in [-0.2, -0.15) is 0 Å². The molecule has 1 aromatic rings. The molecule has 0 saturated carbocycles. The molecular weight excluding hydrogens is 202 g/mol. The zero-order valence-electron chi connectivity index (χ0n) is 9.92. The summed E-state index contributed by atoms with van der Waals surface area (Å²) in [5, 5.41) is 0.591. The Morgan fingerprint density at radius 1 is 1.33 bits per heavy atom. The van der Waals surface area contributed by atoms with Crippen molar-refractivity contribution >= 4 is 17.4 Å². The van der Waals surface area contributed by atoms with Crippen LogP contribution in [0, 0.1) is 0 Å². The molecule has 0 aliphatic heterocycles. The first-order chi connectivity index (χ1) is 7.13. The molecule has 15 heavy (non-hydrogen) atoms. The van der Waals surface area contributed by atoms with Gasteiger partial charge in [0, 0.05) is 15.8 Å². The summed E-state index contributed by atoms with van der Waals surface area (Å²) in [6.45, 7) is 6.59. The quantitative estimate of drug-likeness (QED) is 0.600. The van der Waals surface area contributed by atoms with E-state index in [1.54, 1.807) is 0 Å². The lowest BCUT2D eigenvalue weighted by Gasteiger charge is -2.09. The van der Waals surface area contributed by atoms with Gasteiger partial charge < -0.3 is 5.73 Å². The molecule has 0 radical (unpaired) electrons. The van der Waals surface area contributed by atoms with E-state index in [1.165, 1.54) is 23.3 Å². The maximum Gasteiger partial charge on any atom is 0.0455 e. The average Bonchev–Trinajstić information content (AvgIpc) is 2.18. The number of rotatable bonds is 5. The summed E-state index contributed by atoms with van der Waals surface area (Å²) < 4.78 is 0. The fourth-order valence-electron chi connectivity index (χ4n) is 1.50. The lowest BCUT2D eigenvalue weighted by Crippen LogP contribution is -1.95. The molecule has 1 nitrogen and oxygen atoms in total. The highest BCUT2D eigenvalue weighted by Crippen LogP contribution is 2.29. The summed E-state index contributed by atoms with van der Waals surface area (Å²) in [5.41, 5.74) is 8.32. The van der Waals surface area contributed by atoms with Crippen molar-refractivity contribution in [3.63, 3.8) is 0 Å². The largest absolute Gasteiger partial charge is 0.398 e. The van der Waals surface area contributed by atoms with Crippen molar-refractivity contribution in [1.29, 1.82) is 0 Å². The number of anilines is 1. The highest BCUT2D eigenvalue weighted by molar-refractivity contribution is 8.00. The highest BCUT2D eigenvalue weighted by Gasteiger charge is 2.03. The fourth-order valence-corrected chi connectivity index (χ4v) is 2.35. The van der Waals surface area contributed by atoms with Crippen molar-refractivity contribution in [3.8, 4) is 0 Å². The molecule has 0 atom stereocenters. The number of nitrogens with two attached hydrogens (primary N) is 1. The minimum atomic E-state index is 0.591. The van der Waals surface area contributed by atoms with Crippen LogP contribution < -0.4 is 5.73 Å². The van der Waals surface area contributed by atoms with E-state index >= 15 is 0 Å². The van der Waals surface area contributed by atoms with Gasteiger partial charge in [-0.05, 0) is 30.5 Å². The van der Waals surface area contributed by atoms with Gasteiger partial charge in [-0.3, -0.25) is 0 Å². The molecule has 0 aromatic heterocycles. The molecule has 0 unspecified atom stereocenters. The molecule has 0 aliphatic rings. The van der Waals surface area contributed by atoms with Gasteiger partial charge in [0.05, 0.1) is 0 Å². The van der Waals surface area contributed by atoms with Crippen LogP contribution in [-0.2, 0) is 6.42 Å². The normalized spacial score (nSPS) is 10.9. The van der Waals surface area contributed by atoms with E-state index < -0.39 is 0 Å². The monoisotopic (exact) mass is 223 g/mol. The van der Waals surface area contributed by atoms with E-state index in [1.807, 2.05) is 11.8 Å². The van der Waals surface area contributed by atoms with Crippen LogP contribution in [0.15, 0.2) is 23.1 Å². The van der Waals surface area contributed by atoms with Crippen molar-refractivity contribution < 1.29 is 0 Å². The molecule has 0 fully saturated rings. The minimum Gasteiger partial charge on any atom is -0.398 e. The van der Waals surface area contributed by atoms with Gasteiger partial charge in [-0.1, -0.05) is 33.3 Å². The number of hydrogen-bond acceptors (Lipinski definition) is 2. The Balaban J connectivity index is 2.70. The second-order valence-corrected chi connectivity index (χ2v) is 5.76. The minimum absolute atomic E-state index is 0.591. The van der Waals surface area contributed by atoms with Crippen LogP contribution in [0.2, 0.25) is 0 Å². The fraction of sp³-hybridized carbons (Fsp3) is 0.538. The predicted octanol–water partition coefficient (Wildman–Crippen LogP) is 4.11. The Morgan fingerprint density at radius 3 is 2.60 bits per heavy atom. The third kappa shape index (κ3) is 4.17. The van der Waals surface area contributed by atoms with Crippen molar-refractivity contribution in [1.82, 2.24) is 0 Å². The van der Waals surface area contributed by atoms with Crippen LogP contribution in [0.5, 0.6) is 0 Å². The van der Waals surface area contributed by atoms with E-state index in [-0.39, 0.29) is 0 Å². The predicted molar refractivity (Wildman–Crippen MR) is 70.5 cm³/mol. The molecule has 84 valence electrons. The summed E-state index contributed by atoms with van der Waals surface area (Å²) in [4.78, 5) is 1.21. The van der Waals surface area contributed by atoms with Crippen LogP contribution in [0.3, 0.4) is 0 Å². The molecule has 0 amide bonds. The van der Waals surface area contributed by atoms with Crippen LogP contribution in [0.25, 0.3) is 0 Å². The topological polar surface area (TPSA) is 26.0 Å². The molecule has 0 saturated heterocycles. The lowest BCUT2D eigenvalue weighted by atomic mass is 10.1. The standard InChI is InChI=1S/C13H21NS/c1-4-5-6-11-7-8-13(12(14)9-11)15-10(2)3/h7-10H,4-6,14H2,1-3H3. The molecule has 1 aromatic carbocycles. The first-order valence-corrected chi connectivity index (χ1v) is 6.56. The smallest absolute Gasteiger partial charge is 0.0455 e. The molecule has 1 rings (SSSR count). The molecule has 2 N–H and O–H groups in total. The summed E-state index contributed by atoms with van der Waals surface area (Å²) in [6, 6.07) is 6.49. The Morgan fingerprint density at radius 2 is 2.07 bits per heavy atom.